The number of nitrogens with one attached hydrogen (secondary N) is 1. The summed E-state index contributed by atoms with van der Waals surface area (Å²) in [5.41, 5.74) is 0.570. The summed E-state index contributed by atoms with van der Waals surface area (Å²) in [6, 6.07) is 7.46. The number of carboxylic acids is 1. The second-order valence-corrected chi connectivity index (χ2v) is 8.97. The molecule has 6 heteroatoms. The minimum Gasteiger partial charge on any atom is -0.480 e. The van der Waals surface area contributed by atoms with Gasteiger partial charge in [0.2, 0.25) is 0 Å². The number of hydrogen-bond donors (Lipinski definition) is 2. The van der Waals surface area contributed by atoms with E-state index in [0.29, 0.717) is 10.8 Å². The molecule has 0 spiro atoms. The lowest BCUT2D eigenvalue weighted by Crippen LogP contribution is -2.39. The van der Waals surface area contributed by atoms with Gasteiger partial charge in [-0.25, -0.2) is 0 Å². The number of aliphatic carboxylic acids is 1. The normalized spacial score (nSPS) is 21.9. The van der Waals surface area contributed by atoms with Gasteiger partial charge in [0.25, 0.3) is 5.91 Å². The Bertz CT molecular complexity index is 577. The highest BCUT2D eigenvalue weighted by Gasteiger charge is 2.25. The van der Waals surface area contributed by atoms with Crippen LogP contribution >= 0.6 is 23.5 Å². The Kier molecular flexibility index (Phi) is 7.49. The first-order valence-electron chi connectivity index (χ1n) is 8.42. The van der Waals surface area contributed by atoms with Crippen LogP contribution in [-0.4, -0.2) is 39.3 Å². The molecule has 1 aromatic carbocycles. The molecule has 0 radical (unpaired) electrons. The first-order chi connectivity index (χ1) is 11.5. The molecular formula is C18H25NO3S2. The third kappa shape index (κ3) is 5.45. The number of carbonyl (C=O) groups is 2. The summed E-state index contributed by atoms with van der Waals surface area (Å²) in [6.45, 7) is 3.80. The molecule has 4 nitrogen and oxygen atoms in total. The molecule has 0 heterocycles. The third-order valence-corrected chi connectivity index (χ3v) is 6.54. The number of benzene rings is 1. The lowest BCUT2D eigenvalue weighted by molar-refractivity contribution is -0.136. The topological polar surface area (TPSA) is 66.4 Å². The molecule has 2 rings (SSSR count). The quantitative estimate of drug-likeness (QED) is 0.712. The Hall–Kier alpha value is -1.14. The number of carbonyl (C=O) groups excluding carboxylic acids is 1. The van der Waals surface area contributed by atoms with Crippen LogP contribution in [0, 0.1) is 0 Å². The highest BCUT2D eigenvalue weighted by molar-refractivity contribution is 8.00. The van der Waals surface area contributed by atoms with Crippen molar-refractivity contribution in [2.45, 2.75) is 61.0 Å². The maximum Gasteiger partial charge on any atom is 0.316 e. The molecule has 2 N–H and O–H groups in total. The summed E-state index contributed by atoms with van der Waals surface area (Å²) in [6.07, 6.45) is 4.42. The van der Waals surface area contributed by atoms with E-state index in [2.05, 4.69) is 12.2 Å². The molecule has 0 aromatic heterocycles. The fourth-order valence-electron chi connectivity index (χ4n) is 2.92. The largest absolute Gasteiger partial charge is 0.480 e. The number of rotatable bonds is 7. The van der Waals surface area contributed by atoms with Crippen LogP contribution in [0.5, 0.6) is 0 Å². The van der Waals surface area contributed by atoms with Crippen molar-refractivity contribution in [2.24, 2.45) is 0 Å². The van der Waals surface area contributed by atoms with Crippen molar-refractivity contribution in [2.75, 3.05) is 5.75 Å². The Morgan fingerprint density at radius 1 is 1.33 bits per heavy atom. The first-order valence-corrected chi connectivity index (χ1v) is 10.3. The van der Waals surface area contributed by atoms with E-state index >= 15 is 0 Å². The van der Waals surface area contributed by atoms with Crippen LogP contribution in [0.4, 0.5) is 0 Å². The summed E-state index contributed by atoms with van der Waals surface area (Å²) >= 11 is 3.19. The molecule has 24 heavy (non-hydrogen) atoms. The van der Waals surface area contributed by atoms with Gasteiger partial charge in [-0.2, -0.15) is 11.8 Å². The van der Waals surface area contributed by atoms with Gasteiger partial charge < -0.3 is 10.4 Å². The second-order valence-electron chi connectivity index (χ2n) is 6.01. The van der Waals surface area contributed by atoms with Gasteiger partial charge in [0.1, 0.15) is 5.25 Å². The second kappa shape index (κ2) is 9.37. The number of thioether (sulfide) groups is 2. The summed E-state index contributed by atoms with van der Waals surface area (Å²) in [5.74, 6) is 0.141. The molecule has 1 aliphatic rings. The van der Waals surface area contributed by atoms with Crippen LogP contribution in [0.2, 0.25) is 0 Å². The zero-order valence-electron chi connectivity index (χ0n) is 14.2. The van der Waals surface area contributed by atoms with Gasteiger partial charge in [-0.1, -0.05) is 25.5 Å². The molecule has 1 fully saturated rings. The van der Waals surface area contributed by atoms with Gasteiger partial charge >= 0.3 is 5.97 Å². The van der Waals surface area contributed by atoms with E-state index in [1.807, 2.05) is 30.0 Å². The molecule has 0 saturated heterocycles. The van der Waals surface area contributed by atoms with Gasteiger partial charge in [0.15, 0.2) is 0 Å². The van der Waals surface area contributed by atoms with Crippen LogP contribution in [0.15, 0.2) is 29.2 Å². The van der Waals surface area contributed by atoms with Crippen molar-refractivity contribution in [3.05, 3.63) is 29.8 Å². The maximum atomic E-state index is 12.7. The molecular weight excluding hydrogens is 342 g/mol. The van der Waals surface area contributed by atoms with Gasteiger partial charge in [0, 0.05) is 16.2 Å². The van der Waals surface area contributed by atoms with E-state index in [9.17, 15) is 9.59 Å². The predicted octanol–water partition coefficient (Wildman–Crippen LogP) is 4.05. The number of hydrogen-bond acceptors (Lipinski definition) is 4. The van der Waals surface area contributed by atoms with Gasteiger partial charge in [-0.05, 0) is 44.1 Å². The molecule has 3 atom stereocenters. The van der Waals surface area contributed by atoms with Crippen molar-refractivity contribution < 1.29 is 14.7 Å². The Labute approximate surface area is 152 Å². The maximum absolute atomic E-state index is 12.7. The first kappa shape index (κ1) is 19.2. The van der Waals surface area contributed by atoms with Crippen LogP contribution in [0.3, 0.4) is 0 Å². The molecule has 1 amide bonds. The molecule has 3 unspecified atom stereocenters. The zero-order chi connectivity index (χ0) is 17.5. The highest BCUT2D eigenvalue weighted by atomic mass is 32.2. The Balaban J connectivity index is 2.03. The molecule has 132 valence electrons. The summed E-state index contributed by atoms with van der Waals surface area (Å²) in [4.78, 5) is 24.5. The highest BCUT2D eigenvalue weighted by Crippen LogP contribution is 2.30. The molecule has 1 aromatic rings. The fraction of sp³-hybridized carbons (Fsp3) is 0.556. The smallest absolute Gasteiger partial charge is 0.316 e. The molecule has 1 aliphatic carbocycles. The minimum absolute atomic E-state index is 0.0946. The summed E-state index contributed by atoms with van der Waals surface area (Å²) in [7, 11) is 0. The van der Waals surface area contributed by atoms with E-state index in [0.717, 1.165) is 29.9 Å². The predicted molar refractivity (Wildman–Crippen MR) is 101 cm³/mol. The van der Waals surface area contributed by atoms with E-state index in [4.69, 9.17) is 5.11 Å². The van der Waals surface area contributed by atoms with Gasteiger partial charge in [-0.3, -0.25) is 9.59 Å². The lowest BCUT2D eigenvalue weighted by Gasteiger charge is -2.29. The van der Waals surface area contributed by atoms with E-state index in [1.165, 1.54) is 18.2 Å². The average molecular weight is 368 g/mol. The van der Waals surface area contributed by atoms with E-state index in [1.54, 1.807) is 13.0 Å². The number of amides is 1. The van der Waals surface area contributed by atoms with Gasteiger partial charge in [0.05, 0.1) is 5.56 Å². The standard InChI is InChI=1S/C18H25NO3S2/c1-3-23-14-8-6-7-13(11-14)19-17(20)15-9-4-5-10-16(15)24-12(2)18(21)22/h4-5,9-10,12-14H,3,6-8,11H2,1-2H3,(H,19,20)(H,21,22). The SMILES string of the molecule is CCSC1CCCC(NC(=O)c2ccccc2SC(C)C(=O)O)C1. The van der Waals surface area contributed by atoms with Crippen LogP contribution in [-0.2, 0) is 4.79 Å². The van der Waals surface area contributed by atoms with Crippen molar-refractivity contribution in [3.63, 3.8) is 0 Å². The Morgan fingerprint density at radius 3 is 2.79 bits per heavy atom. The monoisotopic (exact) mass is 367 g/mol. The third-order valence-electron chi connectivity index (χ3n) is 4.15. The Morgan fingerprint density at radius 2 is 2.08 bits per heavy atom. The lowest BCUT2D eigenvalue weighted by atomic mass is 9.94. The average Bonchev–Trinajstić information content (AvgIpc) is 2.55. The zero-order valence-corrected chi connectivity index (χ0v) is 15.8. The van der Waals surface area contributed by atoms with Gasteiger partial charge in [-0.15, -0.1) is 11.8 Å². The molecule has 0 aliphatic heterocycles. The van der Waals surface area contributed by atoms with Crippen molar-refractivity contribution >= 4 is 35.4 Å². The van der Waals surface area contributed by atoms with Crippen LogP contribution in [0.25, 0.3) is 0 Å². The van der Waals surface area contributed by atoms with Crippen LogP contribution in [0.1, 0.15) is 49.9 Å². The molecule has 0 bridgehead atoms. The summed E-state index contributed by atoms with van der Waals surface area (Å²) < 4.78 is 0. The fourth-order valence-corrected chi connectivity index (χ4v) is 5.02. The van der Waals surface area contributed by atoms with Crippen molar-refractivity contribution in [1.29, 1.82) is 0 Å². The van der Waals surface area contributed by atoms with E-state index in [-0.39, 0.29) is 11.9 Å². The minimum atomic E-state index is -0.873. The molecule has 1 saturated carbocycles. The van der Waals surface area contributed by atoms with Crippen molar-refractivity contribution in [1.82, 2.24) is 5.32 Å². The van der Waals surface area contributed by atoms with Crippen LogP contribution < -0.4 is 5.32 Å². The summed E-state index contributed by atoms with van der Waals surface area (Å²) in [5, 5.41) is 12.3. The van der Waals surface area contributed by atoms with E-state index < -0.39 is 11.2 Å². The van der Waals surface area contributed by atoms with Crippen molar-refractivity contribution in [3.8, 4) is 0 Å². The number of carboxylic acid groups (broad SMARTS) is 1.